The normalized spacial score (nSPS) is 27.6. The number of hydrogen-bond acceptors (Lipinski definition) is 4. The Kier molecular flexibility index (Phi) is 4.65. The highest BCUT2D eigenvalue weighted by atomic mass is 16.5. The summed E-state index contributed by atoms with van der Waals surface area (Å²) in [5, 5.41) is 8.99. The number of nitrogens with zero attached hydrogens (tertiary/aromatic N) is 1. The first-order valence-electron chi connectivity index (χ1n) is 7.07. The summed E-state index contributed by atoms with van der Waals surface area (Å²) in [7, 11) is 3.24. The third kappa shape index (κ3) is 3.12. The fourth-order valence-electron chi connectivity index (χ4n) is 3.01. The van der Waals surface area contributed by atoms with E-state index in [9.17, 15) is 9.59 Å². The highest BCUT2D eigenvalue weighted by Crippen LogP contribution is 2.51. The number of aliphatic carboxylic acids is 1. The maximum atomic E-state index is 12.7. The Hall–Kier alpha value is -1.14. The molecule has 6 nitrogen and oxygen atoms in total. The van der Waals surface area contributed by atoms with Gasteiger partial charge >= 0.3 is 5.97 Å². The molecule has 1 amide bonds. The average Bonchev–Trinajstić information content (AvgIpc) is 3.10. The zero-order valence-corrected chi connectivity index (χ0v) is 12.1. The molecule has 2 atom stereocenters. The fraction of sp³-hybridized carbons (Fsp3) is 0.857. The standard InChI is InChI=1S/C14H23NO5/c1-19-6-5-14(3-4-14)13(18)15-9-11(20-2)7-10(15)8-12(16)17/h10-11H,3-9H2,1-2H3,(H,16,17). The highest BCUT2D eigenvalue weighted by molar-refractivity contribution is 5.86. The van der Waals surface area contributed by atoms with E-state index in [0.717, 1.165) is 19.3 Å². The summed E-state index contributed by atoms with van der Waals surface area (Å²) >= 11 is 0. The van der Waals surface area contributed by atoms with Crippen LogP contribution in [0.5, 0.6) is 0 Å². The lowest BCUT2D eigenvalue weighted by Gasteiger charge is -2.28. The third-order valence-corrected chi connectivity index (χ3v) is 4.47. The molecule has 1 aliphatic carbocycles. The van der Waals surface area contributed by atoms with Crippen LogP contribution in [0.3, 0.4) is 0 Å². The predicted octanol–water partition coefficient (Wildman–Crippen LogP) is 0.894. The molecule has 0 radical (unpaired) electrons. The first kappa shape index (κ1) is 15.3. The summed E-state index contributed by atoms with van der Waals surface area (Å²) in [4.78, 5) is 25.4. The second kappa shape index (κ2) is 6.10. The Morgan fingerprint density at radius 2 is 2.05 bits per heavy atom. The van der Waals surface area contributed by atoms with Crippen molar-refractivity contribution in [2.24, 2.45) is 5.41 Å². The number of hydrogen-bond donors (Lipinski definition) is 1. The van der Waals surface area contributed by atoms with Crippen molar-refractivity contribution in [3.05, 3.63) is 0 Å². The molecule has 2 unspecified atom stereocenters. The van der Waals surface area contributed by atoms with Gasteiger partial charge in [0, 0.05) is 33.4 Å². The third-order valence-electron chi connectivity index (χ3n) is 4.47. The van der Waals surface area contributed by atoms with E-state index in [1.807, 2.05) is 0 Å². The number of carboxylic acid groups (broad SMARTS) is 1. The van der Waals surface area contributed by atoms with Gasteiger partial charge in [0.05, 0.1) is 17.9 Å². The van der Waals surface area contributed by atoms with Crippen molar-refractivity contribution in [2.45, 2.75) is 44.2 Å². The molecule has 1 N–H and O–H groups in total. The molecule has 6 heteroatoms. The van der Waals surface area contributed by atoms with E-state index < -0.39 is 5.97 Å². The van der Waals surface area contributed by atoms with Gasteiger partial charge in [0.2, 0.25) is 5.91 Å². The van der Waals surface area contributed by atoms with E-state index in [2.05, 4.69) is 0 Å². The fourth-order valence-corrected chi connectivity index (χ4v) is 3.01. The summed E-state index contributed by atoms with van der Waals surface area (Å²) in [5.41, 5.74) is -0.310. The predicted molar refractivity (Wildman–Crippen MR) is 71.3 cm³/mol. The molecule has 1 heterocycles. The average molecular weight is 285 g/mol. The van der Waals surface area contributed by atoms with E-state index in [4.69, 9.17) is 14.6 Å². The van der Waals surface area contributed by atoms with Crippen molar-refractivity contribution in [2.75, 3.05) is 27.4 Å². The Labute approximate surface area is 119 Å². The molecular formula is C14H23NO5. The van der Waals surface area contributed by atoms with Crippen LogP contribution in [0.2, 0.25) is 0 Å². The molecule has 1 aliphatic heterocycles. The van der Waals surface area contributed by atoms with E-state index in [0.29, 0.717) is 19.6 Å². The van der Waals surface area contributed by atoms with Crippen LogP contribution < -0.4 is 0 Å². The van der Waals surface area contributed by atoms with Crippen molar-refractivity contribution in [1.82, 2.24) is 4.90 Å². The Morgan fingerprint density at radius 1 is 1.35 bits per heavy atom. The maximum absolute atomic E-state index is 12.7. The van der Waals surface area contributed by atoms with Gasteiger partial charge in [0.1, 0.15) is 0 Å². The summed E-state index contributed by atoms with van der Waals surface area (Å²) in [5.74, 6) is -0.786. The number of likely N-dealkylation sites (tertiary alicyclic amines) is 1. The molecule has 0 aromatic carbocycles. The molecule has 1 saturated heterocycles. The number of methoxy groups -OCH3 is 2. The van der Waals surface area contributed by atoms with Gasteiger partial charge in [-0.25, -0.2) is 0 Å². The number of amides is 1. The van der Waals surface area contributed by atoms with Crippen LogP contribution in [0.4, 0.5) is 0 Å². The number of carbonyl (C=O) groups is 2. The Morgan fingerprint density at radius 3 is 2.55 bits per heavy atom. The van der Waals surface area contributed by atoms with E-state index in [1.165, 1.54) is 0 Å². The minimum atomic E-state index is -0.869. The second-order valence-electron chi connectivity index (χ2n) is 5.83. The van der Waals surface area contributed by atoms with Gasteiger partial charge in [-0.2, -0.15) is 0 Å². The lowest BCUT2D eigenvalue weighted by molar-refractivity contribution is -0.142. The Bertz CT molecular complexity index is 380. The zero-order chi connectivity index (χ0) is 14.8. The lowest BCUT2D eigenvalue weighted by atomic mass is 10.00. The molecule has 2 rings (SSSR count). The van der Waals surface area contributed by atoms with Gasteiger partial charge in [0.15, 0.2) is 0 Å². The largest absolute Gasteiger partial charge is 0.481 e. The molecule has 20 heavy (non-hydrogen) atoms. The number of carbonyl (C=O) groups excluding carboxylic acids is 1. The van der Waals surface area contributed by atoms with Gasteiger partial charge < -0.3 is 19.5 Å². The summed E-state index contributed by atoms with van der Waals surface area (Å²) < 4.78 is 10.4. The molecule has 114 valence electrons. The summed E-state index contributed by atoms with van der Waals surface area (Å²) in [6.45, 7) is 1.07. The van der Waals surface area contributed by atoms with Crippen molar-refractivity contribution < 1.29 is 24.2 Å². The lowest BCUT2D eigenvalue weighted by Crippen LogP contribution is -2.42. The summed E-state index contributed by atoms with van der Waals surface area (Å²) in [6, 6.07) is -0.245. The summed E-state index contributed by atoms with van der Waals surface area (Å²) in [6.07, 6.45) is 3.02. The smallest absolute Gasteiger partial charge is 0.305 e. The van der Waals surface area contributed by atoms with E-state index in [1.54, 1.807) is 19.1 Å². The number of rotatable bonds is 7. The van der Waals surface area contributed by atoms with Crippen molar-refractivity contribution in [1.29, 1.82) is 0 Å². The first-order valence-corrected chi connectivity index (χ1v) is 7.07. The molecule has 2 aliphatic rings. The molecule has 0 aromatic rings. The highest BCUT2D eigenvalue weighted by Gasteiger charge is 2.53. The van der Waals surface area contributed by atoms with Crippen LogP contribution in [-0.2, 0) is 19.1 Å². The van der Waals surface area contributed by atoms with Crippen LogP contribution in [-0.4, -0.2) is 61.4 Å². The van der Waals surface area contributed by atoms with Crippen LogP contribution in [0.15, 0.2) is 0 Å². The minimum absolute atomic E-state index is 0.00798. The van der Waals surface area contributed by atoms with Crippen molar-refractivity contribution in [3.8, 4) is 0 Å². The quantitative estimate of drug-likeness (QED) is 0.752. The van der Waals surface area contributed by atoms with E-state index in [-0.39, 0.29) is 29.9 Å². The molecular weight excluding hydrogens is 262 g/mol. The molecule has 1 saturated carbocycles. The van der Waals surface area contributed by atoms with Gasteiger partial charge in [-0.3, -0.25) is 9.59 Å². The monoisotopic (exact) mass is 285 g/mol. The zero-order valence-electron chi connectivity index (χ0n) is 12.1. The first-order chi connectivity index (χ1) is 9.52. The number of carboxylic acids is 1. The SMILES string of the molecule is COCCC1(C(=O)N2CC(OC)CC2CC(=O)O)CC1. The van der Waals surface area contributed by atoms with Gasteiger partial charge in [0.25, 0.3) is 0 Å². The van der Waals surface area contributed by atoms with E-state index >= 15 is 0 Å². The maximum Gasteiger partial charge on any atom is 0.305 e. The molecule has 0 bridgehead atoms. The van der Waals surface area contributed by atoms with Crippen LogP contribution >= 0.6 is 0 Å². The molecule has 2 fully saturated rings. The topological polar surface area (TPSA) is 76.1 Å². The number of ether oxygens (including phenoxy) is 2. The van der Waals surface area contributed by atoms with Crippen LogP contribution in [0, 0.1) is 5.41 Å². The van der Waals surface area contributed by atoms with Crippen LogP contribution in [0.25, 0.3) is 0 Å². The minimum Gasteiger partial charge on any atom is -0.481 e. The van der Waals surface area contributed by atoms with Gasteiger partial charge in [-0.1, -0.05) is 0 Å². The molecule has 0 spiro atoms. The van der Waals surface area contributed by atoms with Crippen molar-refractivity contribution >= 4 is 11.9 Å². The van der Waals surface area contributed by atoms with Gasteiger partial charge in [-0.15, -0.1) is 0 Å². The van der Waals surface area contributed by atoms with Crippen molar-refractivity contribution in [3.63, 3.8) is 0 Å². The molecule has 0 aromatic heterocycles. The Balaban J connectivity index is 2.04. The van der Waals surface area contributed by atoms with Gasteiger partial charge in [-0.05, 0) is 25.7 Å². The second-order valence-corrected chi connectivity index (χ2v) is 5.83. The van der Waals surface area contributed by atoms with Crippen LogP contribution in [0.1, 0.15) is 32.1 Å².